The Balaban J connectivity index is 1.94. The van der Waals surface area contributed by atoms with E-state index < -0.39 is 17.5 Å². The van der Waals surface area contributed by atoms with Crippen molar-refractivity contribution in [3.05, 3.63) is 24.0 Å². The van der Waals surface area contributed by atoms with Gasteiger partial charge in [-0.05, 0) is 45.9 Å². The highest BCUT2D eigenvalue weighted by molar-refractivity contribution is 5.85. The predicted molar refractivity (Wildman–Crippen MR) is 97.1 cm³/mol. The summed E-state index contributed by atoms with van der Waals surface area (Å²) in [7, 11) is 0. The number of rotatable bonds is 3. The minimum Gasteiger partial charge on any atom is -0.450 e. The average Bonchev–Trinajstić information content (AvgIpc) is 2.54. The lowest BCUT2D eigenvalue weighted by Gasteiger charge is -2.36. The number of piperazine rings is 1. The Hall–Kier alpha value is -2.51. The van der Waals surface area contributed by atoms with Crippen LogP contribution in [0.1, 0.15) is 27.7 Å². The molecule has 1 N–H and O–H groups in total. The molecule has 7 nitrogen and oxygen atoms in total. The van der Waals surface area contributed by atoms with Crippen molar-refractivity contribution in [2.45, 2.75) is 33.3 Å². The summed E-state index contributed by atoms with van der Waals surface area (Å²) in [5.74, 6) is -0.440. The standard InChI is InChI=1S/C18H26FN3O4/c1-5-25-16(23)20-13-6-7-15(14(19)12-13)21-8-10-22(11-9-21)17(24)26-18(2,3)4/h6-7,12H,5,8-11H2,1-4H3,(H,20,23). The Morgan fingerprint density at radius 1 is 1.19 bits per heavy atom. The minimum absolute atomic E-state index is 0.244. The quantitative estimate of drug-likeness (QED) is 0.886. The van der Waals surface area contributed by atoms with Gasteiger partial charge in [-0.15, -0.1) is 0 Å². The van der Waals surface area contributed by atoms with E-state index in [1.807, 2.05) is 25.7 Å². The molecule has 8 heteroatoms. The largest absolute Gasteiger partial charge is 0.450 e. The number of amides is 2. The lowest BCUT2D eigenvalue weighted by Crippen LogP contribution is -2.50. The molecular weight excluding hydrogens is 341 g/mol. The average molecular weight is 367 g/mol. The molecule has 0 unspecified atom stereocenters. The van der Waals surface area contributed by atoms with Gasteiger partial charge in [-0.2, -0.15) is 0 Å². The van der Waals surface area contributed by atoms with E-state index in [1.54, 1.807) is 24.0 Å². The van der Waals surface area contributed by atoms with E-state index in [2.05, 4.69) is 5.32 Å². The van der Waals surface area contributed by atoms with Crippen LogP contribution in [0.15, 0.2) is 18.2 Å². The molecule has 0 atom stereocenters. The van der Waals surface area contributed by atoms with Crippen molar-refractivity contribution in [2.75, 3.05) is 43.0 Å². The van der Waals surface area contributed by atoms with Crippen molar-refractivity contribution in [3.8, 4) is 0 Å². The van der Waals surface area contributed by atoms with Gasteiger partial charge < -0.3 is 19.3 Å². The smallest absolute Gasteiger partial charge is 0.411 e. The molecule has 0 aliphatic carbocycles. The number of carbonyl (C=O) groups excluding carboxylic acids is 2. The van der Waals surface area contributed by atoms with E-state index in [1.165, 1.54) is 6.07 Å². The summed E-state index contributed by atoms with van der Waals surface area (Å²) in [6.45, 7) is 9.32. The molecule has 1 aliphatic rings. The van der Waals surface area contributed by atoms with E-state index in [0.717, 1.165) is 0 Å². The molecule has 0 bridgehead atoms. The van der Waals surface area contributed by atoms with Crippen LogP contribution in [0, 0.1) is 5.82 Å². The second-order valence-electron chi connectivity index (χ2n) is 6.97. The lowest BCUT2D eigenvalue weighted by atomic mass is 10.2. The first kappa shape index (κ1) is 19.8. The molecule has 1 heterocycles. The maximum absolute atomic E-state index is 14.4. The van der Waals surface area contributed by atoms with Gasteiger partial charge in [0.2, 0.25) is 0 Å². The zero-order chi connectivity index (χ0) is 19.3. The van der Waals surface area contributed by atoms with Crippen LogP contribution in [-0.2, 0) is 9.47 Å². The fraction of sp³-hybridized carbons (Fsp3) is 0.556. The normalized spacial score (nSPS) is 14.8. The van der Waals surface area contributed by atoms with Gasteiger partial charge in [-0.25, -0.2) is 14.0 Å². The van der Waals surface area contributed by atoms with Crippen molar-refractivity contribution in [3.63, 3.8) is 0 Å². The van der Waals surface area contributed by atoms with Gasteiger partial charge in [0.05, 0.1) is 12.3 Å². The van der Waals surface area contributed by atoms with Gasteiger partial charge in [0.15, 0.2) is 0 Å². The number of ether oxygens (including phenoxy) is 2. The molecule has 0 spiro atoms. The van der Waals surface area contributed by atoms with Gasteiger partial charge >= 0.3 is 12.2 Å². The molecule has 26 heavy (non-hydrogen) atoms. The Labute approximate surface area is 153 Å². The number of nitrogens with one attached hydrogen (secondary N) is 1. The predicted octanol–water partition coefficient (Wildman–Crippen LogP) is 3.45. The molecule has 1 aromatic carbocycles. The molecule has 0 aromatic heterocycles. The summed E-state index contributed by atoms with van der Waals surface area (Å²) >= 11 is 0. The third-order valence-corrected chi connectivity index (χ3v) is 3.74. The monoisotopic (exact) mass is 367 g/mol. The van der Waals surface area contributed by atoms with E-state index in [0.29, 0.717) is 37.6 Å². The van der Waals surface area contributed by atoms with Crippen LogP contribution >= 0.6 is 0 Å². The SMILES string of the molecule is CCOC(=O)Nc1ccc(N2CCN(C(=O)OC(C)(C)C)CC2)c(F)c1. The molecule has 1 saturated heterocycles. The van der Waals surface area contributed by atoms with Gasteiger partial charge in [-0.1, -0.05) is 0 Å². The van der Waals surface area contributed by atoms with Crippen molar-refractivity contribution < 1.29 is 23.5 Å². The lowest BCUT2D eigenvalue weighted by molar-refractivity contribution is 0.0240. The molecule has 0 saturated carbocycles. The highest BCUT2D eigenvalue weighted by Crippen LogP contribution is 2.24. The van der Waals surface area contributed by atoms with Crippen molar-refractivity contribution >= 4 is 23.6 Å². The molecule has 1 fully saturated rings. The number of nitrogens with zero attached hydrogens (tertiary/aromatic N) is 2. The summed E-state index contributed by atoms with van der Waals surface area (Å²) in [6, 6.07) is 4.49. The maximum Gasteiger partial charge on any atom is 0.411 e. The third kappa shape index (κ3) is 5.50. The summed E-state index contributed by atoms with van der Waals surface area (Å²) < 4.78 is 24.5. The number of halogens is 1. The number of hydrogen-bond donors (Lipinski definition) is 1. The second kappa shape index (κ2) is 8.25. The van der Waals surface area contributed by atoms with Gasteiger partial charge in [0.25, 0.3) is 0 Å². The molecule has 2 rings (SSSR count). The van der Waals surface area contributed by atoms with E-state index >= 15 is 0 Å². The van der Waals surface area contributed by atoms with Gasteiger partial charge in [0.1, 0.15) is 11.4 Å². The third-order valence-electron chi connectivity index (χ3n) is 3.74. The Bertz CT molecular complexity index is 652. The van der Waals surface area contributed by atoms with Crippen molar-refractivity contribution in [1.82, 2.24) is 4.90 Å². The number of carbonyl (C=O) groups is 2. The summed E-state index contributed by atoms with van der Waals surface area (Å²) in [5, 5.41) is 2.47. The zero-order valence-corrected chi connectivity index (χ0v) is 15.7. The van der Waals surface area contributed by atoms with E-state index in [4.69, 9.17) is 9.47 Å². The molecule has 144 valence electrons. The second-order valence-corrected chi connectivity index (χ2v) is 6.97. The summed E-state index contributed by atoms with van der Waals surface area (Å²) in [5.41, 5.74) is 0.225. The van der Waals surface area contributed by atoms with Crippen LogP contribution in [0.2, 0.25) is 0 Å². The van der Waals surface area contributed by atoms with Gasteiger partial charge in [-0.3, -0.25) is 5.32 Å². The topological polar surface area (TPSA) is 71.1 Å². The first-order valence-electron chi connectivity index (χ1n) is 8.66. The Kier molecular flexibility index (Phi) is 6.28. The number of anilines is 2. The van der Waals surface area contributed by atoms with Crippen LogP contribution in [0.3, 0.4) is 0 Å². The van der Waals surface area contributed by atoms with Crippen LogP contribution in [0.4, 0.5) is 25.4 Å². The van der Waals surface area contributed by atoms with Gasteiger partial charge in [0, 0.05) is 31.9 Å². The first-order chi connectivity index (χ1) is 12.2. The van der Waals surface area contributed by atoms with E-state index in [9.17, 15) is 14.0 Å². The van der Waals surface area contributed by atoms with Crippen LogP contribution in [0.5, 0.6) is 0 Å². The number of benzene rings is 1. The van der Waals surface area contributed by atoms with Crippen molar-refractivity contribution in [1.29, 1.82) is 0 Å². The first-order valence-corrected chi connectivity index (χ1v) is 8.66. The van der Waals surface area contributed by atoms with Crippen LogP contribution in [-0.4, -0.2) is 55.5 Å². The van der Waals surface area contributed by atoms with Crippen LogP contribution < -0.4 is 10.2 Å². The molecule has 1 aliphatic heterocycles. The van der Waals surface area contributed by atoms with E-state index in [-0.39, 0.29) is 12.7 Å². The highest BCUT2D eigenvalue weighted by Gasteiger charge is 2.26. The van der Waals surface area contributed by atoms with Crippen LogP contribution in [0.25, 0.3) is 0 Å². The highest BCUT2D eigenvalue weighted by atomic mass is 19.1. The van der Waals surface area contributed by atoms with Crippen molar-refractivity contribution in [2.24, 2.45) is 0 Å². The zero-order valence-electron chi connectivity index (χ0n) is 15.7. The molecular formula is C18H26FN3O4. The Morgan fingerprint density at radius 2 is 1.85 bits per heavy atom. The summed E-state index contributed by atoms with van der Waals surface area (Å²) in [6.07, 6.45) is -0.975. The maximum atomic E-state index is 14.4. The minimum atomic E-state index is -0.620. The Morgan fingerprint density at radius 3 is 2.38 bits per heavy atom. The fourth-order valence-corrected chi connectivity index (χ4v) is 2.58. The fourth-order valence-electron chi connectivity index (χ4n) is 2.58. The molecule has 1 aromatic rings. The number of hydrogen-bond acceptors (Lipinski definition) is 5. The molecule has 0 radical (unpaired) electrons. The molecule has 2 amide bonds. The summed E-state index contributed by atoms with van der Waals surface area (Å²) in [4.78, 5) is 27.0.